The van der Waals surface area contributed by atoms with E-state index in [1.165, 1.54) is 30.5 Å². The maximum Gasteiger partial charge on any atom is 0.0644 e. The number of hydrogen-bond acceptors (Lipinski definition) is 3. The predicted molar refractivity (Wildman–Crippen MR) is 83.5 cm³/mol. The molecule has 1 aromatic rings. The van der Waals surface area contributed by atoms with Crippen LogP contribution in [0.25, 0.3) is 0 Å². The first-order valence-electron chi connectivity index (χ1n) is 8.04. The zero-order valence-electron chi connectivity index (χ0n) is 13.9. The zero-order chi connectivity index (χ0) is 14.9. The van der Waals surface area contributed by atoms with E-state index in [1.54, 1.807) is 0 Å². The fraction of sp³-hybridized carbons (Fsp3) is 0.812. The van der Waals surface area contributed by atoms with Gasteiger partial charge in [-0.2, -0.15) is 5.10 Å². The molecule has 1 aliphatic heterocycles. The number of nitrogens with zero attached hydrogens (tertiary/aromatic N) is 3. The van der Waals surface area contributed by atoms with Gasteiger partial charge in [0.1, 0.15) is 0 Å². The summed E-state index contributed by atoms with van der Waals surface area (Å²) in [5.74, 6) is 0. The fourth-order valence-corrected chi connectivity index (χ4v) is 3.61. The molecule has 1 aliphatic rings. The lowest BCUT2D eigenvalue weighted by atomic mass is 9.99. The molecule has 0 spiro atoms. The third-order valence-corrected chi connectivity index (χ3v) is 4.71. The SMILES string of the molecule is CCn1nc(C)c(C(C)NN2C(C)CCCC2C)c1C. The van der Waals surface area contributed by atoms with Gasteiger partial charge in [-0.3, -0.25) is 4.68 Å². The summed E-state index contributed by atoms with van der Waals surface area (Å²) in [5, 5.41) is 7.09. The molecule has 0 radical (unpaired) electrons. The summed E-state index contributed by atoms with van der Waals surface area (Å²) in [5.41, 5.74) is 7.54. The molecule has 1 saturated heterocycles. The maximum atomic E-state index is 4.64. The van der Waals surface area contributed by atoms with Crippen LogP contribution in [0.5, 0.6) is 0 Å². The van der Waals surface area contributed by atoms with Gasteiger partial charge in [0, 0.05) is 35.9 Å². The third kappa shape index (κ3) is 2.91. The van der Waals surface area contributed by atoms with Crippen molar-refractivity contribution >= 4 is 0 Å². The average molecular weight is 278 g/mol. The number of aromatic nitrogens is 2. The first kappa shape index (κ1) is 15.5. The molecule has 0 aromatic carbocycles. The molecule has 20 heavy (non-hydrogen) atoms. The molecule has 1 aromatic heterocycles. The standard InChI is InChI=1S/C16H30N4/c1-7-19-15(6)16(13(4)17-19)14(5)18-20-11(2)9-8-10-12(20)3/h11-12,14,18H,7-10H2,1-6H3. The Morgan fingerprint density at radius 1 is 1.25 bits per heavy atom. The monoisotopic (exact) mass is 278 g/mol. The third-order valence-electron chi connectivity index (χ3n) is 4.71. The van der Waals surface area contributed by atoms with Crippen LogP contribution in [0.3, 0.4) is 0 Å². The number of aryl methyl sites for hydroxylation is 2. The molecular formula is C16H30N4. The predicted octanol–water partition coefficient (Wildman–Crippen LogP) is 3.35. The Labute approximate surface area is 123 Å². The van der Waals surface area contributed by atoms with Gasteiger partial charge in [-0.05, 0) is 54.4 Å². The summed E-state index contributed by atoms with van der Waals surface area (Å²) >= 11 is 0. The van der Waals surface area contributed by atoms with Crippen LogP contribution in [0.2, 0.25) is 0 Å². The van der Waals surface area contributed by atoms with E-state index in [9.17, 15) is 0 Å². The lowest BCUT2D eigenvalue weighted by Crippen LogP contribution is -2.52. The number of hydrogen-bond donors (Lipinski definition) is 1. The highest BCUT2D eigenvalue weighted by atomic mass is 15.5. The lowest BCUT2D eigenvalue weighted by Gasteiger charge is -2.41. The van der Waals surface area contributed by atoms with Crippen LogP contribution in [0.15, 0.2) is 0 Å². The minimum Gasteiger partial charge on any atom is -0.270 e. The van der Waals surface area contributed by atoms with Crippen LogP contribution in [-0.4, -0.2) is 26.9 Å². The molecule has 4 heteroatoms. The molecule has 4 nitrogen and oxygen atoms in total. The molecule has 1 N–H and O–H groups in total. The van der Waals surface area contributed by atoms with Crippen molar-refractivity contribution < 1.29 is 0 Å². The molecular weight excluding hydrogens is 248 g/mol. The zero-order valence-corrected chi connectivity index (χ0v) is 13.9. The Morgan fingerprint density at radius 3 is 2.35 bits per heavy atom. The average Bonchev–Trinajstić information content (AvgIpc) is 2.68. The molecule has 1 fully saturated rings. The molecule has 114 valence electrons. The van der Waals surface area contributed by atoms with Crippen molar-refractivity contribution in [2.75, 3.05) is 0 Å². The molecule has 0 saturated carbocycles. The quantitative estimate of drug-likeness (QED) is 0.917. The van der Waals surface area contributed by atoms with Gasteiger partial charge in [0.05, 0.1) is 5.69 Å². The first-order valence-corrected chi connectivity index (χ1v) is 8.04. The second kappa shape index (κ2) is 6.27. The Balaban J connectivity index is 2.15. The van der Waals surface area contributed by atoms with Crippen LogP contribution in [-0.2, 0) is 6.54 Å². The van der Waals surface area contributed by atoms with Gasteiger partial charge in [0.25, 0.3) is 0 Å². The van der Waals surface area contributed by atoms with E-state index in [4.69, 9.17) is 0 Å². The molecule has 3 atom stereocenters. The van der Waals surface area contributed by atoms with Crippen molar-refractivity contribution in [2.24, 2.45) is 0 Å². The Bertz CT molecular complexity index is 442. The maximum absolute atomic E-state index is 4.64. The number of rotatable bonds is 4. The second-order valence-corrected chi connectivity index (χ2v) is 6.29. The summed E-state index contributed by atoms with van der Waals surface area (Å²) in [6, 6.07) is 1.55. The highest BCUT2D eigenvalue weighted by molar-refractivity contribution is 5.27. The molecule has 0 bridgehead atoms. The minimum atomic E-state index is 0.318. The van der Waals surface area contributed by atoms with E-state index >= 15 is 0 Å². The van der Waals surface area contributed by atoms with E-state index in [2.05, 4.69) is 61.8 Å². The van der Waals surface area contributed by atoms with Gasteiger partial charge in [-0.25, -0.2) is 10.4 Å². The van der Waals surface area contributed by atoms with Gasteiger partial charge in [0.15, 0.2) is 0 Å². The smallest absolute Gasteiger partial charge is 0.0644 e. The summed E-state index contributed by atoms with van der Waals surface area (Å²) in [7, 11) is 0. The van der Waals surface area contributed by atoms with Gasteiger partial charge >= 0.3 is 0 Å². The molecule has 0 aliphatic carbocycles. The van der Waals surface area contributed by atoms with E-state index < -0.39 is 0 Å². The molecule has 2 rings (SSSR count). The molecule has 3 unspecified atom stereocenters. The van der Waals surface area contributed by atoms with Crippen molar-refractivity contribution in [1.82, 2.24) is 20.2 Å². The van der Waals surface area contributed by atoms with Crippen molar-refractivity contribution in [3.63, 3.8) is 0 Å². The number of nitrogens with one attached hydrogen (secondary N) is 1. The summed E-state index contributed by atoms with van der Waals surface area (Å²) in [6.07, 6.45) is 3.92. The molecule has 0 amide bonds. The van der Waals surface area contributed by atoms with E-state index in [0.29, 0.717) is 18.1 Å². The van der Waals surface area contributed by atoms with Crippen molar-refractivity contribution in [1.29, 1.82) is 0 Å². The van der Waals surface area contributed by atoms with Gasteiger partial charge in [0.2, 0.25) is 0 Å². The van der Waals surface area contributed by atoms with Crippen LogP contribution in [0, 0.1) is 13.8 Å². The van der Waals surface area contributed by atoms with Gasteiger partial charge in [-0.15, -0.1) is 0 Å². The highest BCUT2D eigenvalue weighted by Crippen LogP contribution is 2.26. The van der Waals surface area contributed by atoms with E-state index in [1.807, 2.05) is 0 Å². The Hall–Kier alpha value is -0.870. The fourth-order valence-electron chi connectivity index (χ4n) is 3.61. The van der Waals surface area contributed by atoms with Crippen LogP contribution in [0.1, 0.15) is 70.0 Å². The first-order chi connectivity index (χ1) is 9.45. The number of hydrazine groups is 1. The normalized spacial score (nSPS) is 25.9. The van der Waals surface area contributed by atoms with Gasteiger partial charge < -0.3 is 0 Å². The van der Waals surface area contributed by atoms with Gasteiger partial charge in [-0.1, -0.05) is 6.42 Å². The van der Waals surface area contributed by atoms with E-state index in [0.717, 1.165) is 12.2 Å². The summed E-state index contributed by atoms with van der Waals surface area (Å²) in [4.78, 5) is 0. The van der Waals surface area contributed by atoms with E-state index in [-0.39, 0.29) is 0 Å². The van der Waals surface area contributed by atoms with Crippen LogP contribution in [0.4, 0.5) is 0 Å². The Kier molecular flexibility index (Phi) is 4.86. The summed E-state index contributed by atoms with van der Waals surface area (Å²) in [6.45, 7) is 14.3. The van der Waals surface area contributed by atoms with Crippen molar-refractivity contribution in [3.8, 4) is 0 Å². The van der Waals surface area contributed by atoms with Crippen molar-refractivity contribution in [3.05, 3.63) is 17.0 Å². The topological polar surface area (TPSA) is 33.1 Å². The lowest BCUT2D eigenvalue weighted by molar-refractivity contribution is 0.0318. The minimum absolute atomic E-state index is 0.318. The molecule has 2 heterocycles. The Morgan fingerprint density at radius 2 is 1.85 bits per heavy atom. The summed E-state index contributed by atoms with van der Waals surface area (Å²) < 4.78 is 2.10. The van der Waals surface area contributed by atoms with Crippen molar-refractivity contribution in [2.45, 2.75) is 85.5 Å². The highest BCUT2D eigenvalue weighted by Gasteiger charge is 2.27. The number of piperidine rings is 1. The van der Waals surface area contributed by atoms with Crippen LogP contribution >= 0.6 is 0 Å². The van der Waals surface area contributed by atoms with Crippen LogP contribution < -0.4 is 5.43 Å². The largest absolute Gasteiger partial charge is 0.270 e. The second-order valence-electron chi connectivity index (χ2n) is 6.29.